The van der Waals surface area contributed by atoms with Crippen LogP contribution in [0.4, 0.5) is 5.95 Å². The molecule has 1 aliphatic heterocycles. The van der Waals surface area contributed by atoms with E-state index >= 15 is 0 Å². The number of carboxylic acids is 2. The normalized spacial score (nSPS) is 15.5. The number of pyridine rings is 1. The number of imidazole rings is 1. The number of aliphatic hydroxyl groups excluding tert-OH is 1. The van der Waals surface area contributed by atoms with Crippen molar-refractivity contribution in [3.8, 4) is 5.75 Å². The molecule has 2 aromatic heterocycles. The molecule has 95 heavy (non-hydrogen) atoms. The molecule has 1 aliphatic rings. The molecule has 2 radical (unpaired) electrons. The number of hydrogen-bond donors (Lipinski definition) is 17. The number of carbonyl (C=O) groups excluding carboxylic acids is 6. The van der Waals surface area contributed by atoms with Crippen LogP contribution < -0.4 is 46.8 Å². The number of fused-ring (bicyclic) bond motifs is 1. The first kappa shape index (κ1) is 78.5. The Hall–Kier alpha value is -7.16. The fourth-order valence-electron chi connectivity index (χ4n) is 9.91. The Morgan fingerprint density at radius 2 is 1.29 bits per heavy atom. The molecule has 524 valence electrons. The minimum atomic E-state index is -4.58. The van der Waals surface area contributed by atoms with Crippen LogP contribution in [0.3, 0.4) is 0 Å². The number of anilines is 1. The average molecular weight is 1500 g/mol. The molecule has 1 fully saturated rings. The molecule has 0 bridgehead atoms. The molecule has 0 aliphatic carbocycles. The van der Waals surface area contributed by atoms with Gasteiger partial charge in [-0.25, -0.2) is 13.4 Å². The molecule has 1 unspecified atom stereocenters. The van der Waals surface area contributed by atoms with Gasteiger partial charge in [0.15, 0.2) is 5.95 Å². The summed E-state index contributed by atoms with van der Waals surface area (Å²) in [6.45, 7) is 5.88. The van der Waals surface area contributed by atoms with E-state index < -0.39 is 134 Å². The van der Waals surface area contributed by atoms with Crippen molar-refractivity contribution in [1.29, 1.82) is 0 Å². The van der Waals surface area contributed by atoms with Gasteiger partial charge in [0.25, 0.3) is 5.91 Å². The fraction of sp³-hybridized carbons (Fsp3) is 0.491. The Morgan fingerprint density at radius 3 is 1.84 bits per heavy atom. The fourth-order valence-corrected chi connectivity index (χ4v) is 13.1. The molecular weight excluding hydrogens is 1420 g/mol. The number of nitrogens with one attached hydrogen (secondary N) is 8. The summed E-state index contributed by atoms with van der Waals surface area (Å²) in [6.07, 6.45) is 4.51. The number of aromatic amines is 1. The van der Waals surface area contributed by atoms with E-state index in [0.29, 0.717) is 24.6 Å². The van der Waals surface area contributed by atoms with Gasteiger partial charge in [0, 0.05) is 63.6 Å². The van der Waals surface area contributed by atoms with E-state index in [2.05, 4.69) is 53.2 Å². The molecule has 17 N–H and O–H groups in total. The van der Waals surface area contributed by atoms with Crippen LogP contribution in [-0.2, 0) is 60.0 Å². The summed E-state index contributed by atoms with van der Waals surface area (Å²) in [5.41, 5.74) is 0.677. The van der Waals surface area contributed by atoms with E-state index in [1.165, 1.54) is 32.2 Å². The van der Waals surface area contributed by atoms with Crippen LogP contribution in [-0.4, -0.2) is 292 Å². The number of aliphatic carboxylic acids is 2. The van der Waals surface area contributed by atoms with E-state index in [-0.39, 0.29) is 155 Å². The van der Waals surface area contributed by atoms with Gasteiger partial charge in [0.05, 0.1) is 44.5 Å². The second kappa shape index (κ2) is 36.8. The van der Waals surface area contributed by atoms with E-state index in [9.17, 15) is 94.2 Å². The van der Waals surface area contributed by atoms with Crippen molar-refractivity contribution in [3.63, 3.8) is 0 Å². The number of aryl methyl sites for hydroxylation is 3. The number of hydrogen-bond acceptors (Lipinski definition) is 26. The summed E-state index contributed by atoms with van der Waals surface area (Å²) in [5, 5.41) is 44.5. The molecule has 3 atom stereocenters. The molecule has 3 heterocycles. The molecule has 2 aromatic carbocycles. The van der Waals surface area contributed by atoms with Crippen LogP contribution in [0, 0.1) is 13.8 Å². The summed E-state index contributed by atoms with van der Waals surface area (Å²) in [6, 6.07) is 1.90. The van der Waals surface area contributed by atoms with Crippen LogP contribution in [0.2, 0.25) is 0 Å². The number of aliphatic hydroxyl groups is 1. The molecule has 5 rings (SSSR count). The molecule has 40 heteroatoms. The standard InChI is InChI=1S/C55H82N14O22S3.In/c1-34-22-38(23-35(2)50(34)94(89,90)64-41(54(81)82)26-60-51(78)40-28-65(4)44-24-37(7-8-39(44)49(40)77)25-61-55-58-11-12-59-55)91-21-5-6-45(71)56-9-10-57-52(79)42(32-92(83,84)85)63-53(80)43(33-93(86,87)88)62-46(72)29-67-15-19-68(30-47(73)74)17-13-66(27-36(3)70)14-18-69(20-16-67)31-48(75)76;/h7-8,11-12,22-24,28,41-43,64,70,83-88H,3,5-6,9-10,13-21,25-27,29-33H2,1-2,4H3,(H,56,71)(H,57,79)(H,60,78)(H,62,72)(H,63,80)(H,73,74)(H,75,76)(H,81,82)(H2,58,59,61);/q;+1/p-1/t41?,42-,43-;/m0./s1. The van der Waals surface area contributed by atoms with Crippen LogP contribution in [0.15, 0.2) is 71.0 Å². The van der Waals surface area contributed by atoms with Crippen molar-refractivity contribution in [2.24, 2.45) is 7.05 Å². The Balaban J connectivity index is 1.11. The second-order valence-corrected chi connectivity index (χ2v) is 27.7. The van der Waals surface area contributed by atoms with Gasteiger partial charge in [-0.2, -0.15) is 4.72 Å². The zero-order chi connectivity index (χ0) is 70.4. The maximum absolute atomic E-state index is 13.7. The molecule has 0 saturated carbocycles. The van der Waals surface area contributed by atoms with Gasteiger partial charge in [0.1, 0.15) is 23.4 Å². The molecular formula is C55H81InN14O22S3. The summed E-state index contributed by atoms with van der Waals surface area (Å²) in [7, 11) is -12.1. The Bertz CT molecular complexity index is 3520. The Kier molecular flexibility index (Phi) is 30.4. The van der Waals surface area contributed by atoms with Gasteiger partial charge < -0.3 is 78.4 Å². The third kappa shape index (κ3) is 27.1. The predicted octanol–water partition coefficient (Wildman–Crippen LogP) is -1.54. The van der Waals surface area contributed by atoms with E-state index in [4.69, 9.17) is 7.59 Å². The molecule has 0 spiro atoms. The summed E-state index contributed by atoms with van der Waals surface area (Å²) in [5.74, 6) is -10.0. The third-order valence-corrected chi connectivity index (χ3v) is 18.5. The van der Waals surface area contributed by atoms with Crippen LogP contribution in [0.1, 0.15) is 39.9 Å². The average Bonchev–Trinajstić information content (AvgIpc) is 0.872. The maximum atomic E-state index is 13.7. The van der Waals surface area contributed by atoms with Crippen molar-refractivity contribution in [2.45, 2.75) is 56.3 Å². The van der Waals surface area contributed by atoms with Gasteiger partial charge in [-0.15, -0.1) is 0 Å². The van der Waals surface area contributed by atoms with Gasteiger partial charge >= 0.3 is 200 Å². The Morgan fingerprint density at radius 1 is 0.726 bits per heavy atom. The molecule has 1 saturated heterocycles. The van der Waals surface area contributed by atoms with E-state index in [0.717, 1.165) is 5.56 Å². The number of amides is 5. The number of benzene rings is 2. The summed E-state index contributed by atoms with van der Waals surface area (Å²) in [4.78, 5) is 130. The number of carbonyl (C=O) groups is 8. The van der Waals surface area contributed by atoms with Crippen molar-refractivity contribution in [3.05, 3.63) is 93.7 Å². The molecule has 36 nitrogen and oxygen atoms in total. The quantitative estimate of drug-likeness (QED) is 0.0186. The van der Waals surface area contributed by atoms with Gasteiger partial charge in [-0.1, -0.05) is 6.07 Å². The zero-order valence-corrected chi connectivity index (χ0v) is 58.0. The first-order valence-electron chi connectivity index (χ1n) is 29.2. The van der Waals surface area contributed by atoms with E-state index in [1.807, 2.05) is 4.90 Å². The SMILES string of the molecule is C=C(O)CN1CCN(CC(=O)O)CCN(CC(=O)N[C@@H](CS(O)(O)O)C(=O)N[C@@H](CS(O)(O)O)C(=O)NCCNC(=O)CCCOc2cc(C)c(S(=O)(=O)NC(CNC(=O)c3cn(C)c4cc(CNc5ncc[nH]5)ccc4c3=O)C(=O)O)c(C)c2)CCN(CC(=O)[O][In])CC1. The summed E-state index contributed by atoms with van der Waals surface area (Å²) >= 11 is 0.193. The van der Waals surface area contributed by atoms with Crippen LogP contribution in [0.5, 0.6) is 5.75 Å². The minimum absolute atomic E-state index is 0.0445. The van der Waals surface area contributed by atoms with Crippen molar-refractivity contribution >= 4 is 121 Å². The Labute approximate surface area is 564 Å². The molecule has 5 amide bonds. The number of H-pyrrole nitrogens is 1. The first-order valence-corrected chi connectivity index (χ1v) is 35.4. The van der Waals surface area contributed by atoms with Gasteiger partial charge in [-0.3, -0.25) is 33.6 Å². The number of aromatic nitrogens is 3. The monoisotopic (exact) mass is 1500 g/mol. The predicted molar refractivity (Wildman–Crippen MR) is 347 cm³/mol. The number of nitrogens with zero attached hydrogens (tertiary/aromatic N) is 6. The first-order chi connectivity index (χ1) is 44.6. The summed E-state index contributed by atoms with van der Waals surface area (Å²) < 4.78 is 102. The zero-order valence-electron chi connectivity index (χ0n) is 52.2. The molecule has 4 aromatic rings. The van der Waals surface area contributed by atoms with Crippen molar-refractivity contribution in [2.75, 3.05) is 122 Å². The second-order valence-electron chi connectivity index (χ2n) is 22.2. The van der Waals surface area contributed by atoms with Crippen LogP contribution >= 0.6 is 21.7 Å². The number of sulfonamides is 1. The third-order valence-electron chi connectivity index (χ3n) is 14.4. The van der Waals surface area contributed by atoms with Crippen molar-refractivity contribution in [1.82, 2.24) is 65.4 Å². The number of rotatable bonds is 34. The topological polar surface area (TPSA) is 519 Å². The number of carboxylic acid groups (broad SMARTS) is 2. The van der Waals surface area contributed by atoms with E-state index in [1.54, 1.807) is 56.9 Å². The van der Waals surface area contributed by atoms with Gasteiger partial charge in [0.2, 0.25) is 27.3 Å². The van der Waals surface area contributed by atoms with Gasteiger partial charge in [-0.05, 0) is 61.2 Å². The number of ether oxygens (including phenoxy) is 1. The van der Waals surface area contributed by atoms with Crippen LogP contribution in [0.25, 0.3) is 10.9 Å². The van der Waals surface area contributed by atoms with Crippen molar-refractivity contribution < 1.29 is 97.0 Å².